The molecule has 0 atom stereocenters. The summed E-state index contributed by atoms with van der Waals surface area (Å²) >= 11 is 0. The van der Waals surface area contributed by atoms with E-state index in [9.17, 15) is 18.9 Å². The number of phosphoric ester groups is 2. The second kappa shape index (κ2) is 77.0. The molecular weight excluding hydrogens is 1110 g/mol. The fraction of sp³-hybridized carbons (Fsp3) is 1.00. The molecule has 0 rings (SSSR count). The molecular formula is C72H148CrO8P2. The molecule has 0 aliphatic carbocycles. The van der Waals surface area contributed by atoms with Crippen LogP contribution in [0.5, 0.6) is 0 Å². The van der Waals surface area contributed by atoms with Gasteiger partial charge < -0.3 is 27.9 Å². The second-order valence-electron chi connectivity index (χ2n) is 25.4. The standard InChI is InChI=1S/2C36H75O4P.Cr/c2*1-3-5-7-9-11-13-15-17-19-21-23-25-27-29-31-33-35-39-41(37,38)40-36-34-32-30-28-26-24-22-20-18-16-14-12-10-8-6-4-2;/h2*3-36H2,1-2H3,(H,37,38);/q;;+2/p-2. The summed E-state index contributed by atoms with van der Waals surface area (Å²) in [6, 6.07) is 0. The first-order chi connectivity index (χ1) is 40.2. The third kappa shape index (κ3) is 82.8. The molecule has 0 heterocycles. The van der Waals surface area contributed by atoms with Crippen LogP contribution in [0.2, 0.25) is 0 Å². The Bertz CT molecular complexity index is 1070. The molecule has 0 radical (unpaired) electrons. The van der Waals surface area contributed by atoms with Crippen molar-refractivity contribution in [2.45, 2.75) is 439 Å². The summed E-state index contributed by atoms with van der Waals surface area (Å²) in [6.07, 6.45) is 83.7. The van der Waals surface area contributed by atoms with Crippen LogP contribution in [0.4, 0.5) is 0 Å². The van der Waals surface area contributed by atoms with Gasteiger partial charge in [0.1, 0.15) is 0 Å². The molecule has 0 aliphatic heterocycles. The van der Waals surface area contributed by atoms with Crippen molar-refractivity contribution in [1.29, 1.82) is 0 Å². The zero-order valence-electron chi connectivity index (χ0n) is 56.7. The van der Waals surface area contributed by atoms with Crippen LogP contribution < -0.4 is 9.79 Å². The Hall–Kier alpha value is 0.752. The minimum Gasteiger partial charge on any atom is -0.756 e. The SMILES string of the molecule is CCCCCCCCCCCCCCCCCCOP(=O)([O-])OCCCCCCCCCCCCCCCCCC.CCCCCCCCCCCCCCCCCCOP(=O)([O-])OCCCCCCCCCCCCCCCCCC.[Cr+2]. The molecule has 0 saturated carbocycles. The molecule has 500 valence electrons. The average molecular weight is 1260 g/mol. The van der Waals surface area contributed by atoms with Crippen LogP contribution in [-0.2, 0) is 44.6 Å². The second-order valence-corrected chi connectivity index (χ2v) is 28.3. The maximum Gasteiger partial charge on any atom is 2.00 e. The van der Waals surface area contributed by atoms with E-state index in [2.05, 4.69) is 27.7 Å². The Morgan fingerprint density at radius 2 is 0.265 bits per heavy atom. The molecule has 0 aromatic heterocycles. The summed E-state index contributed by atoms with van der Waals surface area (Å²) in [5.41, 5.74) is 0. The van der Waals surface area contributed by atoms with Crippen molar-refractivity contribution in [1.82, 2.24) is 0 Å². The van der Waals surface area contributed by atoms with Gasteiger partial charge in [-0.25, -0.2) is 0 Å². The molecule has 0 bridgehead atoms. The molecule has 0 fully saturated rings. The Morgan fingerprint density at radius 3 is 0.361 bits per heavy atom. The molecule has 0 amide bonds. The fourth-order valence-electron chi connectivity index (χ4n) is 11.4. The summed E-state index contributed by atoms with van der Waals surface area (Å²) < 4.78 is 44.1. The van der Waals surface area contributed by atoms with E-state index in [0.29, 0.717) is 0 Å². The van der Waals surface area contributed by atoms with Gasteiger partial charge in [0.25, 0.3) is 15.6 Å². The Balaban J connectivity index is -0.00000152. The molecule has 8 nitrogen and oxygen atoms in total. The van der Waals surface area contributed by atoms with Gasteiger partial charge in [0.15, 0.2) is 0 Å². The van der Waals surface area contributed by atoms with Gasteiger partial charge >= 0.3 is 17.4 Å². The monoisotopic (exact) mass is 1260 g/mol. The van der Waals surface area contributed by atoms with E-state index in [1.165, 1.54) is 360 Å². The van der Waals surface area contributed by atoms with Crippen molar-refractivity contribution in [3.63, 3.8) is 0 Å². The van der Waals surface area contributed by atoms with Crippen LogP contribution in [0.15, 0.2) is 0 Å². The molecule has 0 spiro atoms. The van der Waals surface area contributed by atoms with Crippen LogP contribution in [0.25, 0.3) is 0 Å². The van der Waals surface area contributed by atoms with E-state index in [-0.39, 0.29) is 43.8 Å². The number of hydrogen-bond acceptors (Lipinski definition) is 8. The minimum atomic E-state index is -4.12. The molecule has 0 unspecified atom stereocenters. The Morgan fingerprint density at radius 1 is 0.181 bits per heavy atom. The van der Waals surface area contributed by atoms with E-state index in [1.54, 1.807) is 0 Å². The Labute approximate surface area is 532 Å². The topological polar surface area (TPSA) is 117 Å². The third-order valence-electron chi connectivity index (χ3n) is 17.0. The van der Waals surface area contributed by atoms with Gasteiger partial charge in [-0.2, -0.15) is 0 Å². The first-order valence-corrected chi connectivity index (χ1v) is 40.4. The summed E-state index contributed by atoms with van der Waals surface area (Å²) in [5.74, 6) is 0. The predicted octanol–water partition coefficient (Wildman–Crippen LogP) is 26.0. The first-order valence-electron chi connectivity index (χ1n) is 37.4. The van der Waals surface area contributed by atoms with Crippen molar-refractivity contribution in [3.05, 3.63) is 0 Å². The van der Waals surface area contributed by atoms with Gasteiger partial charge in [-0.1, -0.05) is 413 Å². The van der Waals surface area contributed by atoms with Crippen LogP contribution in [0.3, 0.4) is 0 Å². The summed E-state index contributed by atoms with van der Waals surface area (Å²) in [7, 11) is -8.24. The van der Waals surface area contributed by atoms with Crippen molar-refractivity contribution in [3.8, 4) is 0 Å². The maximum absolute atomic E-state index is 11.9. The number of rotatable bonds is 72. The van der Waals surface area contributed by atoms with E-state index in [0.717, 1.165) is 51.4 Å². The van der Waals surface area contributed by atoms with Gasteiger partial charge in [-0.15, -0.1) is 0 Å². The van der Waals surface area contributed by atoms with Crippen LogP contribution >= 0.6 is 15.6 Å². The quantitative estimate of drug-likeness (QED) is 0.0437. The van der Waals surface area contributed by atoms with Crippen molar-refractivity contribution >= 4 is 15.6 Å². The molecule has 11 heteroatoms. The predicted molar refractivity (Wildman–Crippen MR) is 357 cm³/mol. The van der Waals surface area contributed by atoms with Crippen molar-refractivity contribution < 1.29 is 54.4 Å². The fourth-order valence-corrected chi connectivity index (χ4v) is 12.9. The summed E-state index contributed by atoms with van der Waals surface area (Å²) in [6.45, 7) is 10.2. The maximum atomic E-state index is 11.9. The zero-order chi connectivity index (χ0) is 59.9. The number of hydrogen-bond donors (Lipinski definition) is 0. The van der Waals surface area contributed by atoms with Crippen LogP contribution in [0, 0.1) is 0 Å². The average Bonchev–Trinajstić information content (AvgIpc) is 3.46. The molecule has 0 saturated heterocycles. The smallest absolute Gasteiger partial charge is 0.756 e. The molecule has 0 aromatic carbocycles. The van der Waals surface area contributed by atoms with Crippen molar-refractivity contribution in [2.24, 2.45) is 0 Å². The summed E-state index contributed by atoms with van der Waals surface area (Å²) in [4.78, 5) is 23.9. The summed E-state index contributed by atoms with van der Waals surface area (Å²) in [5, 5.41) is 0. The Kier molecular flexibility index (Phi) is 81.6. The van der Waals surface area contributed by atoms with Gasteiger partial charge in [0.05, 0.1) is 26.4 Å². The number of unbranched alkanes of at least 4 members (excludes halogenated alkanes) is 60. The van der Waals surface area contributed by atoms with Crippen molar-refractivity contribution in [2.75, 3.05) is 26.4 Å². The molecule has 0 aromatic rings. The van der Waals surface area contributed by atoms with E-state index >= 15 is 0 Å². The van der Waals surface area contributed by atoms with Gasteiger partial charge in [0, 0.05) is 0 Å². The first kappa shape index (κ1) is 88.0. The van der Waals surface area contributed by atoms with Crippen LogP contribution in [-0.4, -0.2) is 26.4 Å². The normalized spacial score (nSPS) is 11.8. The largest absolute Gasteiger partial charge is 2.00 e. The van der Waals surface area contributed by atoms with E-state index in [1.807, 2.05) is 0 Å². The third-order valence-corrected chi connectivity index (χ3v) is 19.0. The molecule has 0 N–H and O–H groups in total. The van der Waals surface area contributed by atoms with Gasteiger partial charge in [0.2, 0.25) is 0 Å². The van der Waals surface area contributed by atoms with Gasteiger partial charge in [-0.05, 0) is 25.7 Å². The van der Waals surface area contributed by atoms with E-state index < -0.39 is 15.6 Å². The molecule has 83 heavy (non-hydrogen) atoms. The number of phosphoric acid groups is 2. The minimum absolute atomic E-state index is 0. The van der Waals surface area contributed by atoms with Crippen LogP contribution in [0.1, 0.15) is 439 Å². The van der Waals surface area contributed by atoms with Gasteiger partial charge in [-0.3, -0.25) is 9.13 Å². The molecule has 0 aliphatic rings. The zero-order valence-corrected chi connectivity index (χ0v) is 59.7. The van der Waals surface area contributed by atoms with E-state index in [4.69, 9.17) is 18.1 Å².